The fraction of sp³-hybridized carbons (Fsp3) is 0.857. The van der Waals surface area contributed by atoms with Gasteiger partial charge in [0.2, 0.25) is 0 Å². The topological polar surface area (TPSA) is 90.3 Å². The Morgan fingerprint density at radius 1 is 1.24 bits per heavy atom. The predicted molar refractivity (Wildman–Crippen MR) is 74.9 cm³/mol. The average Bonchev–Trinajstić information content (AvgIpc) is 3.05. The summed E-state index contributed by atoms with van der Waals surface area (Å²) in [6.07, 6.45) is 3.37. The Labute approximate surface area is 124 Å². The van der Waals surface area contributed by atoms with Crippen molar-refractivity contribution < 1.29 is 24.5 Å². The number of carboxylic acid groups (broad SMARTS) is 1. The minimum atomic E-state index is -0.950. The van der Waals surface area contributed by atoms with Gasteiger partial charge in [0.1, 0.15) is 5.92 Å². The molecule has 2 unspecified atom stereocenters. The number of amides is 2. The number of hydrogen-bond donors (Lipinski definition) is 2. The molecule has 7 heteroatoms. The molecule has 1 aliphatic heterocycles. The summed E-state index contributed by atoms with van der Waals surface area (Å²) in [5, 5.41) is 19.5. The molecule has 21 heavy (non-hydrogen) atoms. The second-order valence-corrected chi connectivity index (χ2v) is 6.23. The highest BCUT2D eigenvalue weighted by Gasteiger charge is 2.40. The second-order valence-electron chi connectivity index (χ2n) is 6.23. The first kappa shape index (κ1) is 16.0. The number of aliphatic hydroxyl groups is 1. The van der Waals surface area contributed by atoms with Crippen LogP contribution in [0.2, 0.25) is 0 Å². The van der Waals surface area contributed by atoms with Crippen molar-refractivity contribution in [2.45, 2.75) is 37.3 Å². The first-order valence-electron chi connectivity index (χ1n) is 7.35. The molecule has 1 saturated carbocycles. The molecule has 0 spiro atoms. The van der Waals surface area contributed by atoms with E-state index in [9.17, 15) is 14.7 Å². The Morgan fingerprint density at radius 2 is 1.86 bits per heavy atom. The van der Waals surface area contributed by atoms with E-state index >= 15 is 0 Å². The van der Waals surface area contributed by atoms with Gasteiger partial charge >= 0.3 is 12.0 Å². The van der Waals surface area contributed by atoms with Crippen LogP contribution in [0.3, 0.4) is 0 Å². The summed E-state index contributed by atoms with van der Waals surface area (Å²) in [5.74, 6) is -1.64. The number of rotatable bonds is 4. The van der Waals surface area contributed by atoms with Crippen molar-refractivity contribution in [3.8, 4) is 0 Å². The number of carboxylic acids is 1. The molecular weight excluding hydrogens is 276 g/mol. The van der Waals surface area contributed by atoms with E-state index < -0.39 is 23.5 Å². The van der Waals surface area contributed by atoms with Gasteiger partial charge in [0.05, 0.1) is 31.4 Å². The van der Waals surface area contributed by atoms with Crippen LogP contribution in [0.4, 0.5) is 4.79 Å². The average molecular weight is 300 g/mol. The van der Waals surface area contributed by atoms with Crippen LogP contribution in [0, 0.1) is 5.92 Å². The first-order chi connectivity index (χ1) is 9.84. The lowest BCUT2D eigenvalue weighted by molar-refractivity contribution is -0.142. The molecule has 1 aliphatic carbocycles. The summed E-state index contributed by atoms with van der Waals surface area (Å²) >= 11 is 0. The molecule has 1 heterocycles. The van der Waals surface area contributed by atoms with Crippen LogP contribution in [0.5, 0.6) is 0 Å². The molecule has 2 N–H and O–H groups in total. The summed E-state index contributed by atoms with van der Waals surface area (Å²) in [6.45, 7) is 0.643. The molecular formula is C14H24N2O5. The summed E-state index contributed by atoms with van der Waals surface area (Å²) in [4.78, 5) is 26.5. The first-order valence-corrected chi connectivity index (χ1v) is 7.35. The van der Waals surface area contributed by atoms with E-state index in [1.165, 1.54) is 9.80 Å². The minimum Gasteiger partial charge on any atom is -0.481 e. The summed E-state index contributed by atoms with van der Waals surface area (Å²) < 4.78 is 5.19. The van der Waals surface area contributed by atoms with Gasteiger partial charge in [0.15, 0.2) is 0 Å². The third-order valence-electron chi connectivity index (χ3n) is 4.56. The second kappa shape index (κ2) is 6.19. The van der Waals surface area contributed by atoms with Crippen LogP contribution in [-0.2, 0) is 9.53 Å². The summed E-state index contributed by atoms with van der Waals surface area (Å²) in [5.41, 5.74) is -0.802. The molecule has 0 bridgehead atoms. The van der Waals surface area contributed by atoms with Crippen molar-refractivity contribution in [2.24, 2.45) is 5.92 Å². The lowest BCUT2D eigenvalue weighted by Gasteiger charge is -2.34. The molecule has 2 rings (SSSR count). The van der Waals surface area contributed by atoms with E-state index in [1.54, 1.807) is 14.1 Å². The number of ether oxygens (including phenoxy) is 1. The fourth-order valence-electron chi connectivity index (χ4n) is 3.27. The van der Waals surface area contributed by atoms with Crippen molar-refractivity contribution in [1.29, 1.82) is 0 Å². The Hall–Kier alpha value is -1.34. The predicted octanol–water partition coefficient (Wildman–Crippen LogP) is 0.375. The SMILES string of the molecule is CN(CC1(O)CCCC1)C(=O)N(C)C1COCC1C(=O)O. The lowest BCUT2D eigenvalue weighted by Crippen LogP contribution is -2.52. The van der Waals surface area contributed by atoms with E-state index in [0.717, 1.165) is 12.8 Å². The Balaban J connectivity index is 1.96. The minimum absolute atomic E-state index is 0.130. The molecule has 2 atom stereocenters. The van der Waals surface area contributed by atoms with Crippen molar-refractivity contribution in [2.75, 3.05) is 33.9 Å². The zero-order chi connectivity index (χ0) is 15.6. The molecule has 2 aliphatic rings. The number of urea groups is 1. The Bertz CT molecular complexity index is 408. The van der Waals surface area contributed by atoms with E-state index in [0.29, 0.717) is 12.8 Å². The Morgan fingerprint density at radius 3 is 2.43 bits per heavy atom. The molecule has 0 aromatic heterocycles. The maximum absolute atomic E-state index is 12.4. The molecule has 0 aromatic carbocycles. The number of nitrogens with zero attached hydrogens (tertiary/aromatic N) is 2. The highest BCUT2D eigenvalue weighted by atomic mass is 16.5. The van der Waals surface area contributed by atoms with Crippen molar-refractivity contribution >= 4 is 12.0 Å². The van der Waals surface area contributed by atoms with Crippen molar-refractivity contribution in [3.05, 3.63) is 0 Å². The van der Waals surface area contributed by atoms with Gasteiger partial charge in [-0.1, -0.05) is 12.8 Å². The standard InChI is InChI=1S/C14H24N2O5/c1-15(9-14(20)5-3-4-6-14)13(19)16(2)11-8-21-7-10(11)12(17)18/h10-11,20H,3-9H2,1-2H3,(H,17,18). The van der Waals surface area contributed by atoms with E-state index in [1.807, 2.05) is 0 Å². The molecule has 0 radical (unpaired) electrons. The molecule has 2 amide bonds. The smallest absolute Gasteiger partial charge is 0.319 e. The summed E-state index contributed by atoms with van der Waals surface area (Å²) in [7, 11) is 3.23. The van der Waals surface area contributed by atoms with Gasteiger partial charge < -0.3 is 24.7 Å². The molecule has 0 aromatic rings. The quantitative estimate of drug-likeness (QED) is 0.783. The van der Waals surface area contributed by atoms with Crippen molar-refractivity contribution in [3.63, 3.8) is 0 Å². The monoisotopic (exact) mass is 300 g/mol. The molecule has 120 valence electrons. The zero-order valence-electron chi connectivity index (χ0n) is 12.6. The van der Waals surface area contributed by atoms with Crippen LogP contribution < -0.4 is 0 Å². The normalized spacial score (nSPS) is 27.6. The third-order valence-corrected chi connectivity index (χ3v) is 4.56. The van der Waals surface area contributed by atoms with Crippen LogP contribution in [0.15, 0.2) is 0 Å². The van der Waals surface area contributed by atoms with Gasteiger partial charge in [-0.05, 0) is 12.8 Å². The number of aliphatic carboxylic acids is 1. The third kappa shape index (κ3) is 3.47. The highest BCUT2D eigenvalue weighted by molar-refractivity contribution is 5.77. The van der Waals surface area contributed by atoms with Gasteiger partial charge in [-0.15, -0.1) is 0 Å². The van der Waals surface area contributed by atoms with Gasteiger partial charge in [-0.2, -0.15) is 0 Å². The fourth-order valence-corrected chi connectivity index (χ4v) is 3.27. The maximum Gasteiger partial charge on any atom is 0.319 e. The van der Waals surface area contributed by atoms with Gasteiger partial charge in [0.25, 0.3) is 0 Å². The van der Waals surface area contributed by atoms with Gasteiger partial charge in [-0.3, -0.25) is 4.79 Å². The Kier molecular flexibility index (Phi) is 4.73. The van der Waals surface area contributed by atoms with Crippen LogP contribution >= 0.6 is 0 Å². The van der Waals surface area contributed by atoms with E-state index in [2.05, 4.69) is 0 Å². The number of carbonyl (C=O) groups excluding carboxylic acids is 1. The lowest BCUT2D eigenvalue weighted by atomic mass is 10.0. The molecule has 2 fully saturated rings. The largest absolute Gasteiger partial charge is 0.481 e. The highest BCUT2D eigenvalue weighted by Crippen LogP contribution is 2.30. The van der Waals surface area contributed by atoms with Gasteiger partial charge in [0, 0.05) is 14.1 Å². The number of carbonyl (C=O) groups is 2. The van der Waals surface area contributed by atoms with Crippen LogP contribution in [0.1, 0.15) is 25.7 Å². The molecule has 1 saturated heterocycles. The van der Waals surface area contributed by atoms with Crippen molar-refractivity contribution in [1.82, 2.24) is 9.80 Å². The summed E-state index contributed by atoms with van der Waals surface area (Å²) in [6, 6.07) is -0.743. The maximum atomic E-state index is 12.4. The number of hydrogen-bond acceptors (Lipinski definition) is 4. The molecule has 7 nitrogen and oxygen atoms in total. The zero-order valence-corrected chi connectivity index (χ0v) is 12.6. The van der Waals surface area contributed by atoms with Crippen LogP contribution in [0.25, 0.3) is 0 Å². The van der Waals surface area contributed by atoms with Crippen LogP contribution in [-0.4, -0.2) is 77.5 Å². The van der Waals surface area contributed by atoms with E-state index in [-0.39, 0.29) is 25.8 Å². The van der Waals surface area contributed by atoms with E-state index in [4.69, 9.17) is 9.84 Å². The van der Waals surface area contributed by atoms with Gasteiger partial charge in [-0.25, -0.2) is 4.79 Å². The number of likely N-dealkylation sites (N-methyl/N-ethyl adjacent to an activating group) is 2.